The van der Waals surface area contributed by atoms with Gasteiger partial charge in [-0.15, -0.1) is 12.3 Å². The van der Waals surface area contributed by atoms with E-state index in [4.69, 9.17) is 6.42 Å². The molecule has 1 atom stereocenters. The lowest BCUT2D eigenvalue weighted by atomic mass is 10.0. The van der Waals surface area contributed by atoms with Crippen molar-refractivity contribution in [3.05, 3.63) is 0 Å². The highest BCUT2D eigenvalue weighted by Crippen LogP contribution is 2.12. The zero-order valence-corrected chi connectivity index (χ0v) is 11.9. The number of hydrogen-bond acceptors (Lipinski definition) is 2. The Kier molecular flexibility index (Phi) is 6.41. The molecule has 106 valence electrons. The second kappa shape index (κ2) is 7.83. The molecule has 0 bridgehead atoms. The molecule has 0 aromatic carbocycles. The van der Waals surface area contributed by atoms with E-state index in [-0.39, 0.29) is 17.9 Å². The van der Waals surface area contributed by atoms with Gasteiger partial charge < -0.3 is 10.2 Å². The third-order valence-corrected chi connectivity index (χ3v) is 3.26. The van der Waals surface area contributed by atoms with Crippen LogP contribution >= 0.6 is 0 Å². The lowest BCUT2D eigenvalue weighted by molar-refractivity contribution is -0.134. The Bertz CT molecular complexity index is 358. The maximum absolute atomic E-state index is 12.4. The second-order valence-corrected chi connectivity index (χ2v) is 5.49. The first-order chi connectivity index (χ1) is 9.04. The second-order valence-electron chi connectivity index (χ2n) is 5.49. The molecule has 1 aliphatic rings. The van der Waals surface area contributed by atoms with Gasteiger partial charge >= 0.3 is 0 Å². The SMILES string of the molecule is C#CCCCCN1CCC(=O)NC(CC(C)C)C1=O. The summed E-state index contributed by atoms with van der Waals surface area (Å²) >= 11 is 0. The molecule has 1 heterocycles. The molecule has 0 aromatic heterocycles. The lowest BCUT2D eigenvalue weighted by Crippen LogP contribution is -2.45. The molecule has 19 heavy (non-hydrogen) atoms. The van der Waals surface area contributed by atoms with Gasteiger partial charge in [-0.1, -0.05) is 13.8 Å². The summed E-state index contributed by atoms with van der Waals surface area (Å²) in [6.45, 7) is 5.34. The van der Waals surface area contributed by atoms with Crippen LogP contribution in [0.4, 0.5) is 0 Å². The zero-order chi connectivity index (χ0) is 14.3. The highest BCUT2D eigenvalue weighted by atomic mass is 16.2. The van der Waals surface area contributed by atoms with E-state index in [1.54, 1.807) is 0 Å². The topological polar surface area (TPSA) is 49.4 Å². The van der Waals surface area contributed by atoms with E-state index < -0.39 is 0 Å². The molecule has 0 aliphatic carbocycles. The van der Waals surface area contributed by atoms with Gasteiger partial charge in [0.25, 0.3) is 0 Å². The van der Waals surface area contributed by atoms with Gasteiger partial charge in [-0.3, -0.25) is 9.59 Å². The normalized spacial score (nSPS) is 20.1. The number of hydrogen-bond donors (Lipinski definition) is 1. The van der Waals surface area contributed by atoms with E-state index in [1.807, 2.05) is 4.90 Å². The Morgan fingerprint density at radius 3 is 2.79 bits per heavy atom. The Hall–Kier alpha value is -1.50. The van der Waals surface area contributed by atoms with Crippen molar-refractivity contribution in [2.75, 3.05) is 13.1 Å². The van der Waals surface area contributed by atoms with Crippen LogP contribution in [0.5, 0.6) is 0 Å². The smallest absolute Gasteiger partial charge is 0.245 e. The fraction of sp³-hybridized carbons (Fsp3) is 0.733. The Labute approximate surface area is 115 Å². The van der Waals surface area contributed by atoms with Gasteiger partial charge in [-0.25, -0.2) is 0 Å². The van der Waals surface area contributed by atoms with Crippen LogP contribution in [0.15, 0.2) is 0 Å². The molecule has 1 unspecified atom stereocenters. The van der Waals surface area contributed by atoms with Crippen LogP contribution in [0.3, 0.4) is 0 Å². The van der Waals surface area contributed by atoms with Crippen LogP contribution in [0.1, 0.15) is 46.0 Å². The van der Waals surface area contributed by atoms with E-state index in [9.17, 15) is 9.59 Å². The number of nitrogens with zero attached hydrogens (tertiary/aromatic N) is 1. The Morgan fingerprint density at radius 1 is 1.42 bits per heavy atom. The van der Waals surface area contributed by atoms with E-state index in [0.717, 1.165) is 19.3 Å². The van der Waals surface area contributed by atoms with Crippen molar-refractivity contribution >= 4 is 11.8 Å². The van der Waals surface area contributed by atoms with Gasteiger partial charge in [0.1, 0.15) is 6.04 Å². The summed E-state index contributed by atoms with van der Waals surface area (Å²) < 4.78 is 0. The average molecular weight is 264 g/mol. The molecule has 1 fully saturated rings. The number of nitrogens with one attached hydrogen (secondary N) is 1. The minimum Gasteiger partial charge on any atom is -0.344 e. The van der Waals surface area contributed by atoms with Crippen LogP contribution < -0.4 is 5.32 Å². The summed E-state index contributed by atoms with van der Waals surface area (Å²) in [5.41, 5.74) is 0. The van der Waals surface area contributed by atoms with Crippen molar-refractivity contribution in [3.8, 4) is 12.3 Å². The van der Waals surface area contributed by atoms with Crippen molar-refractivity contribution in [2.45, 2.75) is 52.0 Å². The van der Waals surface area contributed by atoms with Crippen molar-refractivity contribution in [3.63, 3.8) is 0 Å². The average Bonchev–Trinajstić information content (AvgIpc) is 2.47. The van der Waals surface area contributed by atoms with Crippen LogP contribution in [-0.2, 0) is 9.59 Å². The third-order valence-electron chi connectivity index (χ3n) is 3.26. The van der Waals surface area contributed by atoms with Crippen LogP contribution in [0.2, 0.25) is 0 Å². The maximum atomic E-state index is 12.4. The number of amides is 2. The molecule has 2 amide bonds. The van der Waals surface area contributed by atoms with Crippen molar-refractivity contribution in [1.82, 2.24) is 10.2 Å². The first-order valence-electron chi connectivity index (χ1n) is 7.06. The molecule has 1 saturated heterocycles. The minimum absolute atomic E-state index is 0.0230. The molecular formula is C15H24N2O2. The summed E-state index contributed by atoms with van der Waals surface area (Å²) in [5, 5.41) is 2.83. The third kappa shape index (κ3) is 5.34. The molecule has 0 saturated carbocycles. The fourth-order valence-corrected chi connectivity index (χ4v) is 2.28. The van der Waals surface area contributed by atoms with Gasteiger partial charge in [0.15, 0.2) is 0 Å². The van der Waals surface area contributed by atoms with Gasteiger partial charge in [0.2, 0.25) is 11.8 Å². The van der Waals surface area contributed by atoms with Crippen LogP contribution in [0.25, 0.3) is 0 Å². The Balaban J connectivity index is 2.57. The molecule has 0 aromatic rings. The van der Waals surface area contributed by atoms with E-state index in [0.29, 0.717) is 31.8 Å². The van der Waals surface area contributed by atoms with Gasteiger partial charge in [0.05, 0.1) is 0 Å². The number of rotatable bonds is 6. The molecular weight excluding hydrogens is 240 g/mol. The summed E-state index contributed by atoms with van der Waals surface area (Å²) in [5.74, 6) is 3.02. The molecule has 1 aliphatic heterocycles. The predicted octanol–water partition coefficient (Wildman–Crippen LogP) is 1.55. The number of terminal acetylenes is 1. The van der Waals surface area contributed by atoms with Crippen LogP contribution in [-0.4, -0.2) is 35.8 Å². The van der Waals surface area contributed by atoms with Gasteiger partial charge in [-0.05, 0) is 25.2 Å². The monoisotopic (exact) mass is 264 g/mol. The molecule has 1 N–H and O–H groups in total. The van der Waals surface area contributed by atoms with E-state index in [1.165, 1.54) is 0 Å². The summed E-state index contributed by atoms with van der Waals surface area (Å²) in [6, 6.07) is -0.359. The minimum atomic E-state index is -0.359. The van der Waals surface area contributed by atoms with Gasteiger partial charge in [0, 0.05) is 25.9 Å². The highest BCUT2D eigenvalue weighted by Gasteiger charge is 2.29. The summed E-state index contributed by atoms with van der Waals surface area (Å²) in [6.07, 6.45) is 8.88. The molecule has 0 spiro atoms. The number of carbonyl (C=O) groups excluding carboxylic acids is 2. The van der Waals surface area contributed by atoms with Crippen LogP contribution in [0, 0.1) is 18.3 Å². The van der Waals surface area contributed by atoms with Crippen molar-refractivity contribution in [1.29, 1.82) is 0 Å². The van der Waals surface area contributed by atoms with Crippen molar-refractivity contribution in [2.24, 2.45) is 5.92 Å². The molecule has 4 nitrogen and oxygen atoms in total. The highest BCUT2D eigenvalue weighted by molar-refractivity contribution is 5.89. The first-order valence-corrected chi connectivity index (χ1v) is 7.06. The first kappa shape index (κ1) is 15.6. The summed E-state index contributed by atoms with van der Waals surface area (Å²) in [7, 11) is 0. The number of carbonyl (C=O) groups is 2. The predicted molar refractivity (Wildman–Crippen MR) is 75.3 cm³/mol. The Morgan fingerprint density at radius 2 is 2.16 bits per heavy atom. The summed E-state index contributed by atoms with van der Waals surface area (Å²) in [4.78, 5) is 25.8. The maximum Gasteiger partial charge on any atom is 0.245 e. The zero-order valence-electron chi connectivity index (χ0n) is 11.9. The van der Waals surface area contributed by atoms with E-state index in [2.05, 4.69) is 25.1 Å². The lowest BCUT2D eigenvalue weighted by Gasteiger charge is -2.24. The van der Waals surface area contributed by atoms with Crippen molar-refractivity contribution < 1.29 is 9.59 Å². The van der Waals surface area contributed by atoms with E-state index >= 15 is 0 Å². The largest absolute Gasteiger partial charge is 0.344 e. The fourth-order valence-electron chi connectivity index (χ4n) is 2.28. The molecule has 4 heteroatoms. The molecule has 1 rings (SSSR count). The standard InChI is InChI=1S/C15H24N2O2/c1-4-5-6-7-9-17-10-8-14(18)16-13(15(17)19)11-12(2)3/h1,12-13H,5-11H2,2-3H3,(H,16,18). The van der Waals surface area contributed by atoms with Gasteiger partial charge in [-0.2, -0.15) is 0 Å². The number of unbranched alkanes of at least 4 members (excludes halogenated alkanes) is 2. The quantitative estimate of drug-likeness (QED) is 0.584. The molecule has 0 radical (unpaired) electrons.